The summed E-state index contributed by atoms with van der Waals surface area (Å²) in [4.78, 5) is 16.6. The van der Waals surface area contributed by atoms with Crippen LogP contribution in [0.25, 0.3) is 0 Å². The number of carbonyl (C=O) groups is 1. The predicted octanol–water partition coefficient (Wildman–Crippen LogP) is 3.42. The molecular formula is C14H18ClNO3. The average molecular weight is 284 g/mol. The number of rotatable bonds is 4. The minimum absolute atomic E-state index is 0.00877. The van der Waals surface area contributed by atoms with Crippen molar-refractivity contribution in [3.63, 3.8) is 0 Å². The van der Waals surface area contributed by atoms with Gasteiger partial charge in [-0.05, 0) is 26.8 Å². The van der Waals surface area contributed by atoms with E-state index >= 15 is 0 Å². The van der Waals surface area contributed by atoms with Crippen molar-refractivity contribution >= 4 is 23.3 Å². The Balaban J connectivity index is 2.90. The van der Waals surface area contributed by atoms with E-state index < -0.39 is 5.60 Å². The zero-order valence-electron chi connectivity index (χ0n) is 11.6. The van der Waals surface area contributed by atoms with E-state index in [1.807, 2.05) is 32.9 Å². The SMILES string of the molecule is CON=C(CC(=O)OC(C)(C)C)c1ccccc1Cl. The van der Waals surface area contributed by atoms with Crippen molar-refractivity contribution < 1.29 is 14.4 Å². The molecule has 4 nitrogen and oxygen atoms in total. The van der Waals surface area contributed by atoms with Gasteiger partial charge >= 0.3 is 5.97 Å². The van der Waals surface area contributed by atoms with Crippen molar-refractivity contribution in [1.29, 1.82) is 0 Å². The van der Waals surface area contributed by atoms with Crippen LogP contribution in [0.1, 0.15) is 32.8 Å². The van der Waals surface area contributed by atoms with Crippen molar-refractivity contribution in [3.8, 4) is 0 Å². The second-order valence-corrected chi connectivity index (χ2v) is 5.37. The Kier molecular flexibility index (Phi) is 5.36. The highest BCUT2D eigenvalue weighted by Gasteiger charge is 2.20. The lowest BCUT2D eigenvalue weighted by Gasteiger charge is -2.19. The molecule has 0 amide bonds. The fraction of sp³-hybridized carbons (Fsp3) is 0.429. The van der Waals surface area contributed by atoms with Crippen molar-refractivity contribution in [1.82, 2.24) is 0 Å². The van der Waals surface area contributed by atoms with Gasteiger partial charge < -0.3 is 9.57 Å². The van der Waals surface area contributed by atoms with Gasteiger partial charge in [0, 0.05) is 10.6 Å². The van der Waals surface area contributed by atoms with E-state index in [4.69, 9.17) is 21.2 Å². The molecule has 0 fully saturated rings. The third-order valence-corrected chi connectivity index (χ3v) is 2.45. The largest absolute Gasteiger partial charge is 0.460 e. The highest BCUT2D eigenvalue weighted by Crippen LogP contribution is 2.19. The first-order valence-electron chi connectivity index (χ1n) is 5.90. The van der Waals surface area contributed by atoms with E-state index in [0.29, 0.717) is 16.3 Å². The molecule has 1 aromatic carbocycles. The summed E-state index contributed by atoms with van der Waals surface area (Å²) in [6, 6.07) is 7.15. The van der Waals surface area contributed by atoms with Gasteiger partial charge in [-0.1, -0.05) is 35.0 Å². The smallest absolute Gasteiger partial charge is 0.312 e. The first-order valence-corrected chi connectivity index (χ1v) is 6.28. The summed E-state index contributed by atoms with van der Waals surface area (Å²) in [7, 11) is 1.42. The van der Waals surface area contributed by atoms with Gasteiger partial charge in [-0.3, -0.25) is 4.79 Å². The van der Waals surface area contributed by atoms with E-state index in [0.717, 1.165) is 0 Å². The maximum Gasteiger partial charge on any atom is 0.312 e. The first kappa shape index (κ1) is 15.5. The quantitative estimate of drug-likeness (QED) is 0.483. The molecular weight excluding hydrogens is 266 g/mol. The van der Waals surface area contributed by atoms with Crippen LogP contribution in [-0.4, -0.2) is 24.4 Å². The summed E-state index contributed by atoms with van der Waals surface area (Å²) >= 11 is 6.08. The average Bonchev–Trinajstić information content (AvgIpc) is 2.26. The molecule has 5 heteroatoms. The zero-order valence-corrected chi connectivity index (χ0v) is 12.3. The molecule has 0 aliphatic carbocycles. The summed E-state index contributed by atoms with van der Waals surface area (Å²) in [6.07, 6.45) is 0.00877. The maximum absolute atomic E-state index is 11.8. The summed E-state index contributed by atoms with van der Waals surface area (Å²) in [5.41, 5.74) is 0.578. The van der Waals surface area contributed by atoms with Crippen LogP contribution in [0.4, 0.5) is 0 Å². The van der Waals surface area contributed by atoms with E-state index in [9.17, 15) is 4.79 Å². The number of carbonyl (C=O) groups excluding carboxylic acids is 1. The minimum atomic E-state index is -0.532. The molecule has 0 saturated carbocycles. The number of hydrogen-bond acceptors (Lipinski definition) is 4. The maximum atomic E-state index is 11.8. The molecule has 0 heterocycles. The third kappa shape index (κ3) is 5.30. The molecule has 0 atom stereocenters. The fourth-order valence-electron chi connectivity index (χ4n) is 1.50. The molecule has 1 rings (SSSR count). The number of ether oxygens (including phenoxy) is 1. The van der Waals surface area contributed by atoms with Crippen molar-refractivity contribution in [3.05, 3.63) is 34.9 Å². The summed E-state index contributed by atoms with van der Waals surface area (Å²) in [5.74, 6) is -0.372. The van der Waals surface area contributed by atoms with Crippen LogP contribution in [0, 0.1) is 0 Å². The van der Waals surface area contributed by atoms with Crippen LogP contribution < -0.4 is 0 Å². The minimum Gasteiger partial charge on any atom is -0.460 e. The number of esters is 1. The van der Waals surface area contributed by atoms with Crippen LogP contribution in [0.15, 0.2) is 29.4 Å². The first-order chi connectivity index (χ1) is 8.83. The molecule has 1 aromatic rings. The highest BCUT2D eigenvalue weighted by molar-refractivity contribution is 6.34. The Bertz CT molecular complexity index is 478. The van der Waals surface area contributed by atoms with E-state index in [1.165, 1.54) is 7.11 Å². The lowest BCUT2D eigenvalue weighted by atomic mass is 10.1. The monoisotopic (exact) mass is 283 g/mol. The number of oxime groups is 1. The zero-order chi connectivity index (χ0) is 14.5. The Morgan fingerprint density at radius 2 is 1.95 bits per heavy atom. The molecule has 0 aliphatic heterocycles. The van der Waals surface area contributed by atoms with Gasteiger partial charge in [0.05, 0.1) is 12.1 Å². The van der Waals surface area contributed by atoms with Crippen molar-refractivity contribution in [2.75, 3.05) is 7.11 Å². The van der Waals surface area contributed by atoms with Gasteiger partial charge in [-0.15, -0.1) is 0 Å². The number of benzene rings is 1. The normalized spacial score (nSPS) is 12.2. The van der Waals surface area contributed by atoms with Gasteiger partial charge in [-0.2, -0.15) is 0 Å². The molecule has 0 saturated heterocycles. The molecule has 0 aliphatic rings. The van der Waals surface area contributed by atoms with Gasteiger partial charge in [-0.25, -0.2) is 0 Å². The van der Waals surface area contributed by atoms with Gasteiger partial charge in [0.15, 0.2) is 0 Å². The van der Waals surface area contributed by atoms with Crippen LogP contribution in [0.3, 0.4) is 0 Å². The lowest BCUT2D eigenvalue weighted by Crippen LogP contribution is -2.25. The number of halogens is 1. The highest BCUT2D eigenvalue weighted by atomic mass is 35.5. The number of hydrogen-bond donors (Lipinski definition) is 0. The van der Waals surface area contributed by atoms with E-state index in [-0.39, 0.29) is 12.4 Å². The Morgan fingerprint density at radius 1 is 1.32 bits per heavy atom. The molecule has 0 N–H and O–H groups in total. The third-order valence-electron chi connectivity index (χ3n) is 2.12. The molecule has 0 spiro atoms. The predicted molar refractivity (Wildman–Crippen MR) is 75.5 cm³/mol. The second-order valence-electron chi connectivity index (χ2n) is 4.96. The molecule has 0 unspecified atom stereocenters. The summed E-state index contributed by atoms with van der Waals surface area (Å²) in [6.45, 7) is 5.44. The molecule has 104 valence electrons. The summed E-state index contributed by atoms with van der Waals surface area (Å²) < 4.78 is 5.26. The topological polar surface area (TPSA) is 47.9 Å². The lowest BCUT2D eigenvalue weighted by molar-refractivity contribution is -0.153. The number of nitrogens with zero attached hydrogens (tertiary/aromatic N) is 1. The van der Waals surface area contributed by atoms with Crippen LogP contribution >= 0.6 is 11.6 Å². The van der Waals surface area contributed by atoms with E-state index in [1.54, 1.807) is 12.1 Å². The van der Waals surface area contributed by atoms with Crippen LogP contribution in [0.5, 0.6) is 0 Å². The second kappa shape index (κ2) is 6.57. The Morgan fingerprint density at radius 3 is 2.47 bits per heavy atom. The van der Waals surface area contributed by atoms with Crippen LogP contribution in [0.2, 0.25) is 5.02 Å². The molecule has 0 bridgehead atoms. The fourth-order valence-corrected chi connectivity index (χ4v) is 1.74. The van der Waals surface area contributed by atoms with Crippen molar-refractivity contribution in [2.24, 2.45) is 5.16 Å². The Hall–Kier alpha value is -1.55. The Labute approximate surface area is 118 Å². The molecule has 0 aromatic heterocycles. The summed E-state index contributed by atoms with van der Waals surface area (Å²) in [5, 5.41) is 4.37. The van der Waals surface area contributed by atoms with Crippen LogP contribution in [-0.2, 0) is 14.4 Å². The van der Waals surface area contributed by atoms with E-state index in [2.05, 4.69) is 5.16 Å². The van der Waals surface area contributed by atoms with Gasteiger partial charge in [0.1, 0.15) is 12.7 Å². The molecule has 19 heavy (non-hydrogen) atoms. The standard InChI is InChI=1S/C14H18ClNO3/c1-14(2,3)19-13(17)9-12(16-18-4)10-7-5-6-8-11(10)15/h5-8H,9H2,1-4H3. The van der Waals surface area contributed by atoms with Crippen molar-refractivity contribution in [2.45, 2.75) is 32.8 Å². The molecule has 0 radical (unpaired) electrons. The van der Waals surface area contributed by atoms with Gasteiger partial charge in [0.25, 0.3) is 0 Å². The van der Waals surface area contributed by atoms with Gasteiger partial charge in [0.2, 0.25) is 0 Å².